The van der Waals surface area contributed by atoms with Gasteiger partial charge in [-0.2, -0.15) is 0 Å². The molecule has 0 radical (unpaired) electrons. The molecule has 0 N–H and O–H groups in total. The van der Waals surface area contributed by atoms with Crippen LogP contribution in [0.15, 0.2) is 204 Å². The molecule has 0 saturated heterocycles. The fourth-order valence-electron chi connectivity index (χ4n) is 8.67. The second kappa shape index (κ2) is 12.7. The molecule has 57 heavy (non-hydrogen) atoms. The lowest BCUT2D eigenvalue weighted by molar-refractivity contribution is 1.03. The van der Waals surface area contributed by atoms with Crippen LogP contribution in [-0.4, -0.2) is 19.1 Å². The van der Waals surface area contributed by atoms with Gasteiger partial charge in [-0.15, -0.1) is 0 Å². The zero-order valence-corrected chi connectivity index (χ0v) is 31.5. The number of aromatic nitrogens is 4. The van der Waals surface area contributed by atoms with Crippen molar-refractivity contribution in [3.8, 4) is 56.1 Å². The summed E-state index contributed by atoms with van der Waals surface area (Å²) < 4.78 is 4.93. The van der Waals surface area contributed by atoms with Crippen molar-refractivity contribution in [1.29, 1.82) is 0 Å². The van der Waals surface area contributed by atoms with Crippen LogP contribution < -0.4 is 0 Å². The van der Waals surface area contributed by atoms with Gasteiger partial charge in [0.05, 0.1) is 39.1 Å². The lowest BCUT2D eigenvalue weighted by Gasteiger charge is -2.22. The van der Waals surface area contributed by atoms with Gasteiger partial charge in [-0.3, -0.25) is 9.13 Å². The Labute approximate surface area is 333 Å². The lowest BCUT2D eigenvalue weighted by Crippen LogP contribution is -2.05. The van der Waals surface area contributed by atoms with Crippen LogP contribution in [0.3, 0.4) is 0 Å². The van der Waals surface area contributed by atoms with Crippen LogP contribution in [0.5, 0.6) is 0 Å². The molecule has 0 fully saturated rings. The van der Waals surface area contributed by atoms with E-state index in [1.165, 1.54) is 65.0 Å². The Kier molecular flexibility index (Phi) is 7.13. The smallest absolute Gasteiger partial charge is 0.131 e. The molecule has 0 bridgehead atoms. The van der Waals surface area contributed by atoms with Gasteiger partial charge in [0, 0.05) is 42.8 Å². The summed E-state index contributed by atoms with van der Waals surface area (Å²) in [6, 6.07) is 69.3. The largest absolute Gasteiger partial charge is 0.295 e. The first-order valence-corrected chi connectivity index (χ1v) is 20.1. The highest BCUT2D eigenvalue weighted by Crippen LogP contribution is 2.50. The normalized spacial score (nSPS) is 12.1. The van der Waals surface area contributed by atoms with Crippen LogP contribution in [0, 0.1) is 0 Å². The van der Waals surface area contributed by atoms with Crippen LogP contribution in [0.25, 0.3) is 100 Å². The molecule has 11 aromatic rings. The Hall–Kier alpha value is -7.21. The van der Waals surface area contributed by atoms with Crippen molar-refractivity contribution in [3.63, 3.8) is 0 Å². The minimum atomic E-state index is 0.875. The summed E-state index contributed by atoms with van der Waals surface area (Å²) in [7, 11) is 0. The fourth-order valence-corrected chi connectivity index (χ4v) is 9.80. The average Bonchev–Trinajstić information content (AvgIpc) is 3.80. The quantitative estimate of drug-likeness (QED) is 0.176. The van der Waals surface area contributed by atoms with Gasteiger partial charge in [-0.05, 0) is 70.8 Å². The van der Waals surface area contributed by atoms with Crippen molar-refractivity contribution in [1.82, 2.24) is 19.1 Å². The maximum absolute atomic E-state index is 5.20. The number of hydrogen-bond donors (Lipinski definition) is 0. The molecule has 12 rings (SSSR count). The Morgan fingerprint density at radius 1 is 0.386 bits per heavy atom. The molecule has 0 unspecified atom stereocenters. The van der Waals surface area contributed by atoms with Gasteiger partial charge in [0.2, 0.25) is 0 Å². The minimum absolute atomic E-state index is 0.875. The monoisotopic (exact) mass is 744 g/mol. The van der Waals surface area contributed by atoms with Crippen molar-refractivity contribution < 1.29 is 0 Å². The first-order chi connectivity index (χ1) is 28.3. The first-order valence-electron chi connectivity index (χ1n) is 19.2. The summed E-state index contributed by atoms with van der Waals surface area (Å²) in [5.74, 6) is 0. The Morgan fingerprint density at radius 2 is 0.930 bits per heavy atom. The molecule has 266 valence electrons. The van der Waals surface area contributed by atoms with Crippen LogP contribution in [0.1, 0.15) is 0 Å². The lowest BCUT2D eigenvalue weighted by atomic mass is 9.98. The molecule has 0 aliphatic carbocycles. The van der Waals surface area contributed by atoms with Gasteiger partial charge in [0.15, 0.2) is 0 Å². The number of hydrogen-bond acceptors (Lipinski definition) is 3. The van der Waals surface area contributed by atoms with Crippen LogP contribution in [0.2, 0.25) is 0 Å². The minimum Gasteiger partial charge on any atom is -0.295 e. The summed E-state index contributed by atoms with van der Waals surface area (Å²) in [4.78, 5) is 12.9. The van der Waals surface area contributed by atoms with E-state index in [-0.39, 0.29) is 0 Å². The van der Waals surface area contributed by atoms with E-state index in [4.69, 9.17) is 9.97 Å². The van der Waals surface area contributed by atoms with Crippen LogP contribution >= 0.6 is 11.8 Å². The summed E-state index contributed by atoms with van der Waals surface area (Å²) in [5.41, 5.74) is 16.3. The molecule has 0 saturated carbocycles. The standard InChI is InChI=1S/C52H32N4S/c1-3-12-33(13-4-1)34-22-26-36(27-23-34)49-50(54-43-19-9-8-18-42(43)53-49)37-28-24-35(25-29-37)38-30-31-45-47(32-38)57-46-21-11-17-41-48-40-16-7-10-20-44(40)55(39-14-5-2-6-15-39)52(48)56(45)51(41)46/h1-32H. The van der Waals surface area contributed by atoms with Gasteiger partial charge in [0.1, 0.15) is 5.65 Å². The number of nitrogens with zero attached hydrogens (tertiary/aromatic N) is 4. The van der Waals surface area contributed by atoms with Crippen LogP contribution in [0.4, 0.5) is 0 Å². The van der Waals surface area contributed by atoms with Crippen LogP contribution in [-0.2, 0) is 0 Å². The average molecular weight is 745 g/mol. The predicted molar refractivity (Wildman–Crippen MR) is 237 cm³/mol. The van der Waals surface area contributed by atoms with E-state index in [0.717, 1.165) is 44.8 Å². The van der Waals surface area contributed by atoms with Gasteiger partial charge in [-0.1, -0.05) is 157 Å². The molecular formula is C52H32N4S. The maximum Gasteiger partial charge on any atom is 0.131 e. The molecule has 3 aromatic heterocycles. The number of rotatable bonds is 5. The zero-order chi connectivity index (χ0) is 37.5. The third-order valence-corrected chi connectivity index (χ3v) is 12.4. The fraction of sp³-hybridized carbons (Fsp3) is 0. The van der Waals surface area contributed by atoms with Crippen molar-refractivity contribution >= 4 is 55.6 Å². The Morgan fingerprint density at radius 3 is 1.63 bits per heavy atom. The third-order valence-electron chi connectivity index (χ3n) is 11.3. The summed E-state index contributed by atoms with van der Waals surface area (Å²) in [6.07, 6.45) is 0. The molecule has 5 heteroatoms. The topological polar surface area (TPSA) is 35.6 Å². The highest BCUT2D eigenvalue weighted by atomic mass is 32.2. The molecule has 4 nitrogen and oxygen atoms in total. The van der Waals surface area contributed by atoms with E-state index in [1.807, 2.05) is 42.1 Å². The highest BCUT2D eigenvalue weighted by Gasteiger charge is 2.28. The maximum atomic E-state index is 5.20. The molecule has 4 heterocycles. The van der Waals surface area contributed by atoms with Gasteiger partial charge < -0.3 is 0 Å². The molecule has 0 amide bonds. The molecule has 8 aromatic carbocycles. The zero-order valence-electron chi connectivity index (χ0n) is 30.7. The SMILES string of the molecule is c1ccc(-c2ccc(-c3nc4ccccc4nc3-c3ccc(-c4ccc5c(c4)Sc4cccc6c7c8ccccc8n(-c8ccccc8)c7n-5c46)cc3)cc2)cc1. The molecule has 1 aliphatic rings. The van der Waals surface area contributed by atoms with Gasteiger partial charge in [-0.25, -0.2) is 9.97 Å². The Bertz CT molecular complexity index is 3350. The second-order valence-electron chi connectivity index (χ2n) is 14.6. The third kappa shape index (κ3) is 5.03. The van der Waals surface area contributed by atoms with E-state index in [2.05, 4.69) is 173 Å². The Balaban J connectivity index is 0.964. The van der Waals surface area contributed by atoms with Crippen molar-refractivity contribution in [2.75, 3.05) is 0 Å². The van der Waals surface area contributed by atoms with Gasteiger partial charge >= 0.3 is 0 Å². The molecule has 1 aliphatic heterocycles. The molecule has 0 spiro atoms. The first kappa shape index (κ1) is 32.1. The van der Waals surface area contributed by atoms with E-state index in [0.29, 0.717) is 0 Å². The van der Waals surface area contributed by atoms with Crippen molar-refractivity contribution in [3.05, 3.63) is 194 Å². The number of benzene rings is 8. The summed E-state index contributed by atoms with van der Waals surface area (Å²) in [6.45, 7) is 0. The van der Waals surface area contributed by atoms with Gasteiger partial charge in [0.25, 0.3) is 0 Å². The highest BCUT2D eigenvalue weighted by molar-refractivity contribution is 7.99. The number of fused-ring (bicyclic) bond motifs is 8. The van der Waals surface area contributed by atoms with E-state index >= 15 is 0 Å². The molecule has 0 atom stereocenters. The molecular weight excluding hydrogens is 713 g/mol. The second-order valence-corrected chi connectivity index (χ2v) is 15.7. The van der Waals surface area contributed by atoms with Crippen molar-refractivity contribution in [2.45, 2.75) is 9.79 Å². The van der Waals surface area contributed by atoms with E-state index in [9.17, 15) is 0 Å². The predicted octanol–water partition coefficient (Wildman–Crippen LogP) is 13.8. The summed E-state index contributed by atoms with van der Waals surface area (Å²) in [5, 5.41) is 3.85. The summed E-state index contributed by atoms with van der Waals surface area (Å²) >= 11 is 1.86. The van der Waals surface area contributed by atoms with E-state index < -0.39 is 0 Å². The van der Waals surface area contributed by atoms with Crippen molar-refractivity contribution in [2.24, 2.45) is 0 Å². The van der Waals surface area contributed by atoms with E-state index in [1.54, 1.807) is 0 Å². The number of para-hydroxylation sites is 5.